The highest BCUT2D eigenvalue weighted by atomic mass is 19.3. The van der Waals surface area contributed by atoms with Gasteiger partial charge in [-0.3, -0.25) is 4.98 Å². The van der Waals surface area contributed by atoms with Gasteiger partial charge in [-0.15, -0.1) is 0 Å². The molecule has 0 N–H and O–H groups in total. The average Bonchev–Trinajstić information content (AvgIpc) is 2.74. The number of alkyl halides is 2. The van der Waals surface area contributed by atoms with Crippen LogP contribution < -0.4 is 9.80 Å². The van der Waals surface area contributed by atoms with Gasteiger partial charge >= 0.3 is 0 Å². The molecule has 0 saturated carbocycles. The zero-order chi connectivity index (χ0) is 18.6. The molecule has 0 spiro atoms. The van der Waals surface area contributed by atoms with Gasteiger partial charge in [-0.25, -0.2) is 18.7 Å². The van der Waals surface area contributed by atoms with Gasteiger partial charge in [0.05, 0.1) is 26.4 Å². The highest BCUT2D eigenvalue weighted by molar-refractivity contribution is 5.65. The molecule has 4 rings (SSSR count). The topological polar surface area (TPSA) is 63.6 Å². The maximum Gasteiger partial charge on any atom is 0.264 e. The second kappa shape index (κ2) is 8.10. The van der Waals surface area contributed by atoms with Gasteiger partial charge in [0.15, 0.2) is 5.82 Å². The Morgan fingerprint density at radius 3 is 1.96 bits per heavy atom. The minimum atomic E-state index is -2.62. The Hall–Kier alpha value is -2.39. The summed E-state index contributed by atoms with van der Waals surface area (Å²) in [6, 6.07) is 3.23. The normalized spacial score (nSPS) is 18.2. The standard InChI is InChI=1S/C18H21F2N5O2/c19-17(20)13-1-2-21-12-14(13)18-22-15(24-3-7-26-8-4-24)11-16(23-18)25-5-9-27-10-6-25/h1-2,11-12,17H,3-10H2. The summed E-state index contributed by atoms with van der Waals surface area (Å²) in [5.41, 5.74) is 0.147. The maximum absolute atomic E-state index is 13.5. The third-order valence-corrected chi connectivity index (χ3v) is 4.70. The second-order valence-corrected chi connectivity index (χ2v) is 6.37. The van der Waals surface area contributed by atoms with Gasteiger partial charge in [-0.2, -0.15) is 0 Å². The summed E-state index contributed by atoms with van der Waals surface area (Å²) in [5, 5.41) is 0. The maximum atomic E-state index is 13.5. The Balaban J connectivity index is 1.78. The van der Waals surface area contributed by atoms with Gasteiger partial charge in [-0.1, -0.05) is 0 Å². The average molecular weight is 377 g/mol. The van der Waals surface area contributed by atoms with Gasteiger partial charge in [0, 0.05) is 55.8 Å². The molecule has 0 aliphatic carbocycles. The predicted molar refractivity (Wildman–Crippen MR) is 96.3 cm³/mol. The van der Waals surface area contributed by atoms with Crippen molar-refractivity contribution in [3.05, 3.63) is 30.1 Å². The summed E-state index contributed by atoms with van der Waals surface area (Å²) >= 11 is 0. The van der Waals surface area contributed by atoms with Gasteiger partial charge < -0.3 is 19.3 Å². The Morgan fingerprint density at radius 1 is 0.889 bits per heavy atom. The van der Waals surface area contributed by atoms with E-state index < -0.39 is 6.43 Å². The third-order valence-electron chi connectivity index (χ3n) is 4.70. The summed E-state index contributed by atoms with van der Waals surface area (Å²) in [7, 11) is 0. The Morgan fingerprint density at radius 2 is 1.44 bits per heavy atom. The molecular weight excluding hydrogens is 356 g/mol. The molecule has 27 heavy (non-hydrogen) atoms. The van der Waals surface area contributed by atoms with Crippen LogP contribution in [0.15, 0.2) is 24.5 Å². The number of aromatic nitrogens is 3. The molecule has 2 aromatic heterocycles. The summed E-state index contributed by atoms with van der Waals surface area (Å²) in [6.45, 7) is 5.26. The molecule has 0 aromatic carbocycles. The van der Waals surface area contributed by atoms with E-state index in [1.54, 1.807) is 0 Å². The van der Waals surface area contributed by atoms with Gasteiger partial charge in [0.1, 0.15) is 11.6 Å². The lowest BCUT2D eigenvalue weighted by Gasteiger charge is -2.31. The van der Waals surface area contributed by atoms with Crippen molar-refractivity contribution >= 4 is 11.6 Å². The SMILES string of the molecule is FC(F)c1ccncc1-c1nc(N2CCOCC2)cc(N2CCOCC2)n1. The minimum absolute atomic E-state index is 0.114. The van der Waals surface area contributed by atoms with Crippen LogP contribution in [0.3, 0.4) is 0 Å². The van der Waals surface area contributed by atoms with E-state index in [2.05, 4.69) is 24.8 Å². The smallest absolute Gasteiger partial charge is 0.264 e. The number of hydrogen-bond acceptors (Lipinski definition) is 7. The molecule has 7 nitrogen and oxygen atoms in total. The van der Waals surface area contributed by atoms with Crippen LogP contribution in [0.1, 0.15) is 12.0 Å². The molecule has 2 aliphatic rings. The molecule has 2 aromatic rings. The number of pyridine rings is 1. The predicted octanol–water partition coefficient (Wildman–Crippen LogP) is 2.15. The summed E-state index contributed by atoms with van der Waals surface area (Å²) in [4.78, 5) is 17.4. The lowest BCUT2D eigenvalue weighted by atomic mass is 10.1. The van der Waals surface area contributed by atoms with E-state index in [0.717, 1.165) is 0 Å². The number of halogens is 2. The first-order valence-electron chi connectivity index (χ1n) is 8.99. The molecule has 2 aliphatic heterocycles. The van der Waals surface area contributed by atoms with Gasteiger partial charge in [0.25, 0.3) is 6.43 Å². The first-order chi connectivity index (χ1) is 13.2. The fourth-order valence-corrected chi connectivity index (χ4v) is 3.23. The van der Waals surface area contributed by atoms with Gasteiger partial charge in [0.2, 0.25) is 0 Å². The van der Waals surface area contributed by atoms with Crippen LogP contribution in [0.2, 0.25) is 0 Å². The number of rotatable bonds is 4. The summed E-state index contributed by atoms with van der Waals surface area (Å²) in [6.07, 6.45) is 0.147. The van der Waals surface area contributed by atoms with E-state index in [-0.39, 0.29) is 17.0 Å². The Kier molecular flexibility index (Phi) is 5.40. The molecule has 0 amide bonds. The van der Waals surface area contributed by atoms with Crippen molar-refractivity contribution in [1.29, 1.82) is 0 Å². The second-order valence-electron chi connectivity index (χ2n) is 6.37. The highest BCUT2D eigenvalue weighted by Crippen LogP contribution is 2.31. The highest BCUT2D eigenvalue weighted by Gasteiger charge is 2.22. The number of nitrogens with zero attached hydrogens (tertiary/aromatic N) is 5. The van der Waals surface area contributed by atoms with Crippen molar-refractivity contribution in [3.63, 3.8) is 0 Å². The van der Waals surface area contributed by atoms with Crippen molar-refractivity contribution in [2.24, 2.45) is 0 Å². The molecule has 0 radical (unpaired) electrons. The molecule has 2 fully saturated rings. The largest absolute Gasteiger partial charge is 0.378 e. The zero-order valence-corrected chi connectivity index (χ0v) is 14.9. The van der Waals surface area contributed by atoms with E-state index in [9.17, 15) is 8.78 Å². The van der Waals surface area contributed by atoms with Crippen LogP contribution in [0.4, 0.5) is 20.4 Å². The van der Waals surface area contributed by atoms with Crippen molar-refractivity contribution in [1.82, 2.24) is 15.0 Å². The van der Waals surface area contributed by atoms with E-state index >= 15 is 0 Å². The van der Waals surface area contributed by atoms with Crippen LogP contribution in [0.5, 0.6) is 0 Å². The Labute approximate surface area is 155 Å². The fourth-order valence-electron chi connectivity index (χ4n) is 3.23. The third kappa shape index (κ3) is 3.98. The molecule has 0 bridgehead atoms. The first kappa shape index (κ1) is 18.0. The van der Waals surface area contributed by atoms with Crippen LogP contribution in [0.25, 0.3) is 11.4 Å². The number of hydrogen-bond donors (Lipinski definition) is 0. The monoisotopic (exact) mass is 377 g/mol. The summed E-state index contributed by atoms with van der Waals surface area (Å²) < 4.78 is 37.8. The van der Waals surface area contributed by atoms with Crippen LogP contribution in [-0.2, 0) is 9.47 Å². The number of anilines is 2. The van der Waals surface area contributed by atoms with Gasteiger partial charge in [-0.05, 0) is 6.07 Å². The Bertz CT molecular complexity index is 744. The molecule has 4 heterocycles. The lowest BCUT2D eigenvalue weighted by molar-refractivity contribution is 0.122. The molecule has 0 atom stereocenters. The molecule has 9 heteroatoms. The molecular formula is C18H21F2N5O2. The van der Waals surface area contributed by atoms with Crippen molar-refractivity contribution in [2.75, 3.05) is 62.4 Å². The van der Waals surface area contributed by atoms with E-state index in [0.29, 0.717) is 64.2 Å². The first-order valence-corrected chi connectivity index (χ1v) is 8.99. The molecule has 2 saturated heterocycles. The van der Waals surface area contributed by atoms with Crippen molar-refractivity contribution < 1.29 is 18.3 Å². The quantitative estimate of drug-likeness (QED) is 0.809. The van der Waals surface area contributed by atoms with Crippen LogP contribution >= 0.6 is 0 Å². The minimum Gasteiger partial charge on any atom is -0.378 e. The fraction of sp³-hybridized carbons (Fsp3) is 0.500. The van der Waals surface area contributed by atoms with Crippen molar-refractivity contribution in [3.8, 4) is 11.4 Å². The van der Waals surface area contributed by atoms with E-state index in [1.165, 1.54) is 18.5 Å². The lowest BCUT2D eigenvalue weighted by Crippen LogP contribution is -2.39. The van der Waals surface area contributed by atoms with Crippen LogP contribution in [0, 0.1) is 0 Å². The number of morpholine rings is 2. The number of ether oxygens (including phenoxy) is 2. The molecule has 144 valence electrons. The van der Waals surface area contributed by atoms with E-state index in [4.69, 9.17) is 9.47 Å². The molecule has 0 unspecified atom stereocenters. The zero-order valence-electron chi connectivity index (χ0n) is 14.9. The summed E-state index contributed by atoms with van der Waals surface area (Å²) in [5.74, 6) is 1.70. The van der Waals surface area contributed by atoms with Crippen LogP contribution in [-0.4, -0.2) is 67.6 Å². The van der Waals surface area contributed by atoms with E-state index in [1.807, 2.05) is 6.07 Å². The van der Waals surface area contributed by atoms with Crippen molar-refractivity contribution in [2.45, 2.75) is 6.43 Å².